The van der Waals surface area contributed by atoms with E-state index in [1.165, 1.54) is 0 Å². The first-order valence-electron chi connectivity index (χ1n) is 11.1. The molecule has 0 radical (unpaired) electrons. The molecule has 3 heterocycles. The summed E-state index contributed by atoms with van der Waals surface area (Å²) in [4.78, 5) is 14.5. The molecule has 168 valence electrons. The number of rotatable bonds is 1. The van der Waals surface area contributed by atoms with Gasteiger partial charge in [0.05, 0.1) is 24.3 Å². The lowest BCUT2D eigenvalue weighted by Gasteiger charge is -2.37. The summed E-state index contributed by atoms with van der Waals surface area (Å²) >= 11 is 0. The average molecular weight is 437 g/mol. The van der Waals surface area contributed by atoms with E-state index in [-0.39, 0.29) is 18.8 Å². The SMILES string of the molecule is C[C@@H]1CN(c2cc3cc(c2)-c2n[nH]c4ccc(cc24)OCCCNC(=O)OC3)C[C@H](C)O1. The number of amides is 1. The van der Waals surface area contributed by atoms with Gasteiger partial charge in [-0.05, 0) is 62.2 Å². The Kier molecular flexibility index (Phi) is 5.61. The van der Waals surface area contributed by atoms with Crippen molar-refractivity contribution in [3.05, 3.63) is 42.0 Å². The summed E-state index contributed by atoms with van der Waals surface area (Å²) in [5.74, 6) is 0.782. The van der Waals surface area contributed by atoms with Crippen molar-refractivity contribution >= 4 is 22.7 Å². The first kappa shape index (κ1) is 20.6. The smallest absolute Gasteiger partial charge is 0.407 e. The molecule has 8 heteroatoms. The van der Waals surface area contributed by atoms with Crippen LogP contribution in [0.2, 0.25) is 0 Å². The van der Waals surface area contributed by atoms with Gasteiger partial charge in [-0.2, -0.15) is 5.10 Å². The molecule has 0 aliphatic carbocycles. The summed E-state index contributed by atoms with van der Waals surface area (Å²) in [5.41, 5.74) is 4.74. The predicted octanol–water partition coefficient (Wildman–Crippen LogP) is 3.85. The number of aromatic nitrogens is 2. The van der Waals surface area contributed by atoms with Gasteiger partial charge in [0, 0.05) is 36.3 Å². The molecule has 2 N–H and O–H groups in total. The minimum absolute atomic E-state index is 0.139. The Hall–Kier alpha value is -3.26. The molecule has 32 heavy (non-hydrogen) atoms. The molecule has 1 fully saturated rings. The standard InChI is InChI=1S/C24H28N4O4/c1-15-12-28(13-16(2)32-15)19-9-17-8-18(10-19)23-21-11-20(4-5-22(21)26-27-23)30-7-3-6-25-24(29)31-14-17/h4-5,8-11,15-16H,3,6-7,12-14H2,1-2H3,(H,25,29)(H,26,27)/t15-,16+. The van der Waals surface area contributed by atoms with Crippen LogP contribution >= 0.6 is 0 Å². The summed E-state index contributed by atoms with van der Waals surface area (Å²) in [6.07, 6.45) is 0.542. The van der Waals surface area contributed by atoms with Gasteiger partial charge in [-0.15, -0.1) is 0 Å². The molecule has 1 saturated heterocycles. The molecule has 2 aliphatic rings. The molecule has 5 rings (SSSR count). The second-order valence-electron chi connectivity index (χ2n) is 8.53. The van der Waals surface area contributed by atoms with Gasteiger partial charge in [-0.1, -0.05) is 0 Å². The van der Waals surface area contributed by atoms with Gasteiger partial charge in [0.1, 0.15) is 18.1 Å². The molecule has 3 aromatic rings. The van der Waals surface area contributed by atoms with Crippen LogP contribution in [0.4, 0.5) is 10.5 Å². The minimum atomic E-state index is -0.428. The molecule has 0 saturated carbocycles. The number of nitrogens with one attached hydrogen (secondary N) is 2. The van der Waals surface area contributed by atoms with E-state index in [4.69, 9.17) is 14.2 Å². The number of nitrogens with zero attached hydrogens (tertiary/aromatic N) is 2. The fourth-order valence-corrected chi connectivity index (χ4v) is 4.42. The second-order valence-corrected chi connectivity index (χ2v) is 8.53. The molecule has 0 unspecified atom stereocenters. The number of anilines is 1. The van der Waals surface area contributed by atoms with Crippen LogP contribution in [-0.4, -0.2) is 54.7 Å². The third-order valence-corrected chi connectivity index (χ3v) is 5.80. The number of morpholine rings is 1. The number of carbonyl (C=O) groups is 1. The van der Waals surface area contributed by atoms with Crippen molar-refractivity contribution in [3.63, 3.8) is 0 Å². The van der Waals surface area contributed by atoms with Gasteiger partial charge in [0.2, 0.25) is 0 Å². The lowest BCUT2D eigenvalue weighted by Crippen LogP contribution is -2.45. The Bertz CT molecular complexity index is 1120. The van der Waals surface area contributed by atoms with Crippen LogP contribution in [-0.2, 0) is 16.1 Å². The molecule has 0 spiro atoms. The van der Waals surface area contributed by atoms with Crippen molar-refractivity contribution in [1.82, 2.24) is 15.5 Å². The van der Waals surface area contributed by atoms with Crippen LogP contribution in [0, 0.1) is 0 Å². The molecule has 1 aromatic heterocycles. The highest BCUT2D eigenvalue weighted by molar-refractivity contribution is 5.94. The van der Waals surface area contributed by atoms with Crippen molar-refractivity contribution in [1.29, 1.82) is 0 Å². The third kappa shape index (κ3) is 4.36. The summed E-state index contributed by atoms with van der Waals surface area (Å²) in [5, 5.41) is 11.5. The maximum Gasteiger partial charge on any atom is 0.407 e. The van der Waals surface area contributed by atoms with E-state index in [1.807, 2.05) is 24.3 Å². The lowest BCUT2D eigenvalue weighted by molar-refractivity contribution is -0.00522. The Labute approximate surface area is 186 Å². The number of fused-ring (bicyclic) bond motifs is 4. The maximum absolute atomic E-state index is 12.1. The summed E-state index contributed by atoms with van der Waals surface area (Å²) in [7, 11) is 0. The van der Waals surface area contributed by atoms with E-state index in [0.717, 1.165) is 52.3 Å². The number of aromatic amines is 1. The Morgan fingerprint density at radius 3 is 2.75 bits per heavy atom. The van der Waals surface area contributed by atoms with Gasteiger partial charge >= 0.3 is 6.09 Å². The van der Waals surface area contributed by atoms with Crippen LogP contribution in [0.5, 0.6) is 5.75 Å². The number of carbonyl (C=O) groups excluding carboxylic acids is 1. The lowest BCUT2D eigenvalue weighted by atomic mass is 10.0. The third-order valence-electron chi connectivity index (χ3n) is 5.80. The Morgan fingerprint density at radius 2 is 1.91 bits per heavy atom. The predicted molar refractivity (Wildman–Crippen MR) is 122 cm³/mol. The summed E-state index contributed by atoms with van der Waals surface area (Å²) in [6, 6.07) is 12.2. The van der Waals surface area contributed by atoms with Crippen molar-refractivity contribution in [3.8, 4) is 17.0 Å². The van der Waals surface area contributed by atoms with Gasteiger partial charge < -0.3 is 24.4 Å². The topological polar surface area (TPSA) is 88.7 Å². The van der Waals surface area contributed by atoms with Crippen molar-refractivity contribution in [2.45, 2.75) is 39.1 Å². The van der Waals surface area contributed by atoms with E-state index in [2.05, 4.69) is 46.4 Å². The minimum Gasteiger partial charge on any atom is -0.494 e. The van der Waals surface area contributed by atoms with Crippen LogP contribution < -0.4 is 15.0 Å². The fraction of sp³-hybridized carbons (Fsp3) is 0.417. The molecule has 2 atom stereocenters. The molecule has 2 aliphatic heterocycles. The van der Waals surface area contributed by atoms with Crippen LogP contribution in [0.15, 0.2) is 36.4 Å². The molecular weight excluding hydrogens is 408 g/mol. The van der Waals surface area contributed by atoms with E-state index in [1.54, 1.807) is 0 Å². The van der Waals surface area contributed by atoms with E-state index >= 15 is 0 Å². The monoisotopic (exact) mass is 436 g/mol. The Morgan fingerprint density at radius 1 is 1.06 bits per heavy atom. The summed E-state index contributed by atoms with van der Waals surface area (Å²) in [6.45, 7) is 6.96. The highest BCUT2D eigenvalue weighted by Crippen LogP contribution is 2.33. The number of H-pyrrole nitrogens is 1. The normalized spacial score (nSPS) is 21.9. The molecular formula is C24H28N4O4. The van der Waals surface area contributed by atoms with E-state index in [0.29, 0.717) is 19.6 Å². The number of hydrogen-bond donors (Lipinski definition) is 2. The van der Waals surface area contributed by atoms with Crippen LogP contribution in [0.1, 0.15) is 25.8 Å². The quantitative estimate of drug-likeness (QED) is 0.602. The van der Waals surface area contributed by atoms with Gasteiger partial charge in [0.15, 0.2) is 0 Å². The van der Waals surface area contributed by atoms with Gasteiger partial charge in [-0.25, -0.2) is 4.79 Å². The zero-order valence-electron chi connectivity index (χ0n) is 18.4. The highest BCUT2D eigenvalue weighted by Gasteiger charge is 2.24. The molecule has 4 bridgehead atoms. The van der Waals surface area contributed by atoms with Crippen molar-refractivity contribution < 1.29 is 19.0 Å². The van der Waals surface area contributed by atoms with Crippen LogP contribution in [0.25, 0.3) is 22.2 Å². The molecule has 1 amide bonds. The average Bonchev–Trinajstić information content (AvgIpc) is 3.19. The van der Waals surface area contributed by atoms with Crippen molar-refractivity contribution in [2.24, 2.45) is 0 Å². The number of ether oxygens (including phenoxy) is 3. The van der Waals surface area contributed by atoms with E-state index in [9.17, 15) is 4.79 Å². The highest BCUT2D eigenvalue weighted by atomic mass is 16.5. The summed E-state index contributed by atoms with van der Waals surface area (Å²) < 4.78 is 17.3. The maximum atomic E-state index is 12.1. The molecule has 8 nitrogen and oxygen atoms in total. The number of benzene rings is 2. The zero-order valence-corrected chi connectivity index (χ0v) is 18.4. The Balaban J connectivity index is 1.59. The van der Waals surface area contributed by atoms with Gasteiger partial charge in [0.25, 0.3) is 0 Å². The largest absolute Gasteiger partial charge is 0.494 e. The first-order chi connectivity index (χ1) is 15.5. The number of cyclic esters (lactones) is 1. The second kappa shape index (κ2) is 8.70. The van der Waals surface area contributed by atoms with Gasteiger partial charge in [-0.3, -0.25) is 5.10 Å². The van der Waals surface area contributed by atoms with E-state index < -0.39 is 6.09 Å². The van der Waals surface area contributed by atoms with Crippen molar-refractivity contribution in [2.75, 3.05) is 31.1 Å². The number of alkyl carbamates (subject to hydrolysis) is 1. The number of hydrogen-bond acceptors (Lipinski definition) is 6. The first-order valence-corrected chi connectivity index (χ1v) is 11.1. The molecule has 2 aromatic carbocycles. The zero-order chi connectivity index (χ0) is 22.1. The fourth-order valence-electron chi connectivity index (χ4n) is 4.42. The van der Waals surface area contributed by atoms with Crippen LogP contribution in [0.3, 0.4) is 0 Å².